The van der Waals surface area contributed by atoms with Crippen molar-refractivity contribution in [2.75, 3.05) is 13.1 Å². The van der Waals surface area contributed by atoms with Gasteiger partial charge in [-0.3, -0.25) is 0 Å². The molecule has 0 aliphatic carbocycles. The van der Waals surface area contributed by atoms with Gasteiger partial charge >= 0.3 is 12.3 Å². The van der Waals surface area contributed by atoms with Crippen LogP contribution in [-0.2, 0) is 10.9 Å². The summed E-state index contributed by atoms with van der Waals surface area (Å²) in [6.07, 6.45) is -2.44. The van der Waals surface area contributed by atoms with Crippen molar-refractivity contribution in [3.05, 3.63) is 28.5 Å². The molecule has 1 amide bonds. The van der Waals surface area contributed by atoms with Crippen LogP contribution >= 0.6 is 11.6 Å². The van der Waals surface area contributed by atoms with Gasteiger partial charge in [0.2, 0.25) is 0 Å². The fourth-order valence-electron chi connectivity index (χ4n) is 2.61. The molecule has 0 aromatic carbocycles. The Morgan fingerprint density at radius 3 is 2.38 bits per heavy atom. The van der Waals surface area contributed by atoms with Crippen LogP contribution in [0.3, 0.4) is 0 Å². The summed E-state index contributed by atoms with van der Waals surface area (Å²) < 4.78 is 44.1. The van der Waals surface area contributed by atoms with Gasteiger partial charge in [-0.2, -0.15) is 13.2 Å². The lowest BCUT2D eigenvalue weighted by Crippen LogP contribution is -2.41. The number of aromatic nitrogens is 1. The van der Waals surface area contributed by atoms with Crippen LogP contribution in [-0.4, -0.2) is 34.7 Å². The largest absolute Gasteiger partial charge is 0.444 e. The van der Waals surface area contributed by atoms with E-state index in [-0.39, 0.29) is 5.92 Å². The minimum Gasteiger partial charge on any atom is -0.444 e. The van der Waals surface area contributed by atoms with E-state index < -0.39 is 28.6 Å². The summed E-state index contributed by atoms with van der Waals surface area (Å²) in [6, 6.07) is 1.06. The number of pyridine rings is 1. The second kappa shape index (κ2) is 6.78. The first kappa shape index (κ1) is 18.8. The maximum atomic E-state index is 12.9. The lowest BCUT2D eigenvalue weighted by Gasteiger charge is -2.33. The first-order valence-electron chi connectivity index (χ1n) is 7.68. The highest BCUT2D eigenvalue weighted by Gasteiger charge is 2.35. The molecule has 0 atom stereocenters. The molecular weight excluding hydrogens is 345 g/mol. The zero-order valence-corrected chi connectivity index (χ0v) is 14.5. The van der Waals surface area contributed by atoms with Crippen LogP contribution in [0.1, 0.15) is 50.7 Å². The number of hydrogen-bond acceptors (Lipinski definition) is 3. The van der Waals surface area contributed by atoms with Crippen molar-refractivity contribution in [1.82, 2.24) is 9.88 Å². The molecule has 1 aliphatic rings. The first-order valence-corrected chi connectivity index (χ1v) is 8.06. The van der Waals surface area contributed by atoms with E-state index in [2.05, 4.69) is 4.98 Å². The highest BCUT2D eigenvalue weighted by molar-refractivity contribution is 6.30. The van der Waals surface area contributed by atoms with Gasteiger partial charge in [0.25, 0.3) is 0 Å². The van der Waals surface area contributed by atoms with Crippen LogP contribution in [0.25, 0.3) is 0 Å². The summed E-state index contributed by atoms with van der Waals surface area (Å²) in [7, 11) is 0. The van der Waals surface area contributed by atoms with Crippen molar-refractivity contribution in [3.63, 3.8) is 0 Å². The number of nitrogens with zero attached hydrogens (tertiary/aromatic N) is 2. The lowest BCUT2D eigenvalue weighted by atomic mass is 9.90. The molecule has 0 bridgehead atoms. The van der Waals surface area contributed by atoms with Gasteiger partial charge in [-0.15, -0.1) is 0 Å². The Balaban J connectivity index is 2.04. The number of halogens is 4. The minimum atomic E-state index is -4.53. The third-order valence-electron chi connectivity index (χ3n) is 3.78. The minimum absolute atomic E-state index is 0.0884. The number of ether oxygens (including phenoxy) is 1. The van der Waals surface area contributed by atoms with Gasteiger partial charge < -0.3 is 9.64 Å². The number of carbonyl (C=O) groups is 1. The fourth-order valence-corrected chi connectivity index (χ4v) is 2.82. The number of likely N-dealkylation sites (tertiary alicyclic amines) is 1. The van der Waals surface area contributed by atoms with E-state index in [0.717, 1.165) is 6.07 Å². The second-order valence-corrected chi connectivity index (χ2v) is 7.20. The van der Waals surface area contributed by atoms with Crippen molar-refractivity contribution < 1.29 is 22.7 Å². The predicted molar refractivity (Wildman–Crippen MR) is 84.0 cm³/mol. The van der Waals surface area contributed by atoms with Gasteiger partial charge in [-0.25, -0.2) is 9.78 Å². The Bertz CT molecular complexity index is 606. The van der Waals surface area contributed by atoms with Crippen LogP contribution in [0.2, 0.25) is 5.15 Å². The zero-order chi connectivity index (χ0) is 18.1. The lowest BCUT2D eigenvalue weighted by molar-refractivity contribution is -0.137. The van der Waals surface area contributed by atoms with Gasteiger partial charge in [0.1, 0.15) is 10.8 Å². The highest BCUT2D eigenvalue weighted by Crippen LogP contribution is 2.37. The molecule has 8 heteroatoms. The molecule has 1 aliphatic heterocycles. The molecule has 1 fully saturated rings. The Labute approximate surface area is 143 Å². The molecule has 1 aromatic heterocycles. The van der Waals surface area contributed by atoms with E-state index in [1.807, 2.05) is 0 Å². The molecule has 0 spiro atoms. The molecular formula is C16H20ClF3N2O2. The van der Waals surface area contributed by atoms with Crippen LogP contribution in [0.15, 0.2) is 12.3 Å². The van der Waals surface area contributed by atoms with E-state index in [4.69, 9.17) is 16.3 Å². The molecule has 0 unspecified atom stereocenters. The first-order chi connectivity index (χ1) is 11.0. The number of hydrogen-bond donors (Lipinski definition) is 0. The molecule has 1 aromatic rings. The molecule has 24 heavy (non-hydrogen) atoms. The molecule has 2 rings (SSSR count). The van der Waals surface area contributed by atoms with Gasteiger partial charge in [-0.1, -0.05) is 11.6 Å². The number of alkyl halides is 3. The van der Waals surface area contributed by atoms with E-state index >= 15 is 0 Å². The Hall–Kier alpha value is -1.50. The Morgan fingerprint density at radius 1 is 1.29 bits per heavy atom. The van der Waals surface area contributed by atoms with Crippen molar-refractivity contribution in [1.29, 1.82) is 0 Å². The van der Waals surface area contributed by atoms with Crippen molar-refractivity contribution in [3.8, 4) is 0 Å². The van der Waals surface area contributed by atoms with Crippen molar-refractivity contribution in [2.45, 2.75) is 51.3 Å². The predicted octanol–water partition coefficient (Wildman–Crippen LogP) is 4.87. The van der Waals surface area contributed by atoms with Crippen LogP contribution in [0, 0.1) is 0 Å². The Morgan fingerprint density at radius 2 is 1.88 bits per heavy atom. The van der Waals surface area contributed by atoms with E-state index in [1.165, 1.54) is 6.20 Å². The summed E-state index contributed by atoms with van der Waals surface area (Å²) in [5.74, 6) is -0.0884. The maximum Gasteiger partial charge on any atom is 0.419 e. The quantitative estimate of drug-likeness (QED) is 0.668. The Kier molecular flexibility index (Phi) is 5.32. The van der Waals surface area contributed by atoms with Gasteiger partial charge in [0.15, 0.2) is 0 Å². The summed E-state index contributed by atoms with van der Waals surface area (Å²) >= 11 is 5.55. The smallest absolute Gasteiger partial charge is 0.419 e. The van der Waals surface area contributed by atoms with Crippen LogP contribution in [0.5, 0.6) is 0 Å². The molecule has 1 saturated heterocycles. The molecule has 0 N–H and O–H groups in total. The van der Waals surface area contributed by atoms with E-state index in [0.29, 0.717) is 31.5 Å². The van der Waals surface area contributed by atoms with Gasteiger partial charge in [-0.05, 0) is 51.2 Å². The van der Waals surface area contributed by atoms with Gasteiger partial charge in [0.05, 0.1) is 5.56 Å². The zero-order valence-electron chi connectivity index (χ0n) is 13.8. The SMILES string of the molecule is CC(C)(C)OC(=O)N1CCC(c2cnc(Cl)c(C(F)(F)F)c2)CC1. The third kappa shape index (κ3) is 4.75. The molecule has 4 nitrogen and oxygen atoms in total. The monoisotopic (exact) mass is 364 g/mol. The van der Waals surface area contributed by atoms with E-state index in [9.17, 15) is 18.0 Å². The summed E-state index contributed by atoms with van der Waals surface area (Å²) in [5, 5.41) is -0.544. The fraction of sp³-hybridized carbons (Fsp3) is 0.625. The molecule has 0 saturated carbocycles. The average Bonchev–Trinajstić information content (AvgIpc) is 2.45. The van der Waals surface area contributed by atoms with Crippen LogP contribution < -0.4 is 0 Å². The average molecular weight is 365 g/mol. The normalized spacial score (nSPS) is 17.0. The standard InChI is InChI=1S/C16H20ClF3N2O2/c1-15(2,3)24-14(23)22-6-4-10(5-7-22)11-8-12(16(18,19)20)13(17)21-9-11/h8-10H,4-7H2,1-3H3. The van der Waals surface area contributed by atoms with E-state index in [1.54, 1.807) is 25.7 Å². The topological polar surface area (TPSA) is 42.4 Å². The molecule has 2 heterocycles. The second-order valence-electron chi connectivity index (χ2n) is 6.85. The van der Waals surface area contributed by atoms with Crippen molar-refractivity contribution in [2.24, 2.45) is 0 Å². The maximum absolute atomic E-state index is 12.9. The van der Waals surface area contributed by atoms with Crippen molar-refractivity contribution >= 4 is 17.7 Å². The third-order valence-corrected chi connectivity index (χ3v) is 4.08. The van der Waals surface area contributed by atoms with Gasteiger partial charge in [0, 0.05) is 19.3 Å². The number of amides is 1. The summed E-state index contributed by atoms with van der Waals surface area (Å²) in [5.41, 5.74) is -0.998. The van der Waals surface area contributed by atoms with Crippen LogP contribution in [0.4, 0.5) is 18.0 Å². The number of carbonyl (C=O) groups excluding carboxylic acids is 1. The highest BCUT2D eigenvalue weighted by atomic mass is 35.5. The molecule has 0 radical (unpaired) electrons. The summed E-state index contributed by atoms with van der Waals surface area (Å²) in [6.45, 7) is 6.23. The number of rotatable bonds is 1. The summed E-state index contributed by atoms with van der Waals surface area (Å²) in [4.78, 5) is 17.3. The number of piperidine rings is 1. The molecule has 134 valence electrons.